The molecule has 3 rings (SSSR count). The zero-order chi connectivity index (χ0) is 13.1. The van der Waals surface area contributed by atoms with Gasteiger partial charge in [-0.15, -0.1) is 0 Å². The van der Waals surface area contributed by atoms with Crippen molar-refractivity contribution in [3.05, 3.63) is 48.3 Å². The van der Waals surface area contributed by atoms with Gasteiger partial charge in [0, 0.05) is 19.3 Å². The highest BCUT2D eigenvalue weighted by Gasteiger charge is 2.28. The minimum Gasteiger partial charge on any atom is -0.396 e. The van der Waals surface area contributed by atoms with Crippen molar-refractivity contribution >= 4 is 5.69 Å². The van der Waals surface area contributed by atoms with Crippen molar-refractivity contribution in [1.29, 1.82) is 0 Å². The molecule has 100 valence electrons. The first-order valence-corrected chi connectivity index (χ1v) is 6.51. The Morgan fingerprint density at radius 1 is 1.37 bits per heavy atom. The van der Waals surface area contributed by atoms with E-state index in [1.807, 2.05) is 29.1 Å². The summed E-state index contributed by atoms with van der Waals surface area (Å²) in [7, 11) is 0. The summed E-state index contributed by atoms with van der Waals surface area (Å²) in [5, 5.41) is 7.72. The topological polar surface area (TPSA) is 65.1 Å². The number of nitrogens with zero attached hydrogens (tertiary/aromatic N) is 2. The third-order valence-corrected chi connectivity index (χ3v) is 3.36. The van der Waals surface area contributed by atoms with Crippen LogP contribution in [0.15, 0.2) is 42.7 Å². The molecule has 5 nitrogen and oxygen atoms in total. The fourth-order valence-corrected chi connectivity index (χ4v) is 2.48. The monoisotopic (exact) mass is 258 g/mol. The lowest BCUT2D eigenvalue weighted by atomic mass is 10.0. The average molecular weight is 258 g/mol. The van der Waals surface area contributed by atoms with Gasteiger partial charge in [0.2, 0.25) is 0 Å². The summed E-state index contributed by atoms with van der Waals surface area (Å²) in [5.74, 6) is 0. The first-order chi connectivity index (χ1) is 9.34. The van der Waals surface area contributed by atoms with Crippen LogP contribution in [0.2, 0.25) is 0 Å². The van der Waals surface area contributed by atoms with Gasteiger partial charge in [-0.2, -0.15) is 5.10 Å². The van der Waals surface area contributed by atoms with Crippen LogP contribution in [-0.2, 0) is 4.74 Å². The van der Waals surface area contributed by atoms with Crippen molar-refractivity contribution in [2.75, 3.05) is 25.4 Å². The van der Waals surface area contributed by atoms with Crippen LogP contribution >= 0.6 is 0 Å². The Balaban J connectivity index is 1.95. The maximum absolute atomic E-state index is 5.89. The number of nitrogens with two attached hydrogens (primary N) is 1. The number of hydrogen-bond acceptors (Lipinski definition) is 4. The highest BCUT2D eigenvalue weighted by molar-refractivity contribution is 5.32. The summed E-state index contributed by atoms with van der Waals surface area (Å²) >= 11 is 0. The first-order valence-electron chi connectivity index (χ1n) is 6.51. The Labute approximate surface area is 112 Å². The van der Waals surface area contributed by atoms with E-state index < -0.39 is 0 Å². The number of hydrogen-bond donors (Lipinski definition) is 2. The Morgan fingerprint density at radius 3 is 2.84 bits per heavy atom. The molecule has 0 radical (unpaired) electrons. The van der Waals surface area contributed by atoms with E-state index in [-0.39, 0.29) is 12.1 Å². The third kappa shape index (κ3) is 2.62. The molecule has 0 saturated carbocycles. The van der Waals surface area contributed by atoms with Gasteiger partial charge < -0.3 is 15.8 Å². The highest BCUT2D eigenvalue weighted by atomic mass is 16.5. The largest absolute Gasteiger partial charge is 0.396 e. The van der Waals surface area contributed by atoms with Crippen LogP contribution in [0.5, 0.6) is 0 Å². The summed E-state index contributed by atoms with van der Waals surface area (Å²) in [4.78, 5) is 0. The molecule has 0 bridgehead atoms. The Hall–Kier alpha value is -1.85. The van der Waals surface area contributed by atoms with Crippen LogP contribution in [0.3, 0.4) is 0 Å². The van der Waals surface area contributed by atoms with E-state index in [1.165, 1.54) is 5.56 Å². The lowest BCUT2D eigenvalue weighted by Crippen LogP contribution is -2.43. The van der Waals surface area contributed by atoms with Gasteiger partial charge in [0.1, 0.15) is 6.04 Å². The number of benzene rings is 1. The van der Waals surface area contributed by atoms with Crippen LogP contribution in [0, 0.1) is 0 Å². The molecule has 0 aliphatic carbocycles. The van der Waals surface area contributed by atoms with Crippen molar-refractivity contribution in [2.24, 2.45) is 0 Å². The zero-order valence-electron chi connectivity index (χ0n) is 10.7. The van der Waals surface area contributed by atoms with Gasteiger partial charge in [-0.25, -0.2) is 0 Å². The molecule has 1 fully saturated rings. The standard InChI is InChI=1S/C14H18N4O/c15-12-8-17-18(10-12)14(11-4-2-1-3-5-11)13-9-16-6-7-19-13/h1-5,8,10,13-14,16H,6-7,9,15H2/t13-,14?/m0/s1. The summed E-state index contributed by atoms with van der Waals surface area (Å²) in [6, 6.07) is 10.3. The molecule has 1 aromatic carbocycles. The van der Waals surface area contributed by atoms with E-state index in [2.05, 4.69) is 22.5 Å². The number of nitrogen functional groups attached to an aromatic ring is 1. The minimum atomic E-state index is 0.0475. The number of morpholine rings is 1. The van der Waals surface area contributed by atoms with E-state index in [9.17, 15) is 0 Å². The number of rotatable bonds is 3. The summed E-state index contributed by atoms with van der Waals surface area (Å²) in [6.07, 6.45) is 3.59. The molecular weight excluding hydrogens is 240 g/mol. The highest BCUT2D eigenvalue weighted by Crippen LogP contribution is 2.25. The minimum absolute atomic E-state index is 0.0475. The molecule has 19 heavy (non-hydrogen) atoms. The van der Waals surface area contributed by atoms with Crippen LogP contribution in [0.4, 0.5) is 5.69 Å². The maximum atomic E-state index is 5.89. The van der Waals surface area contributed by atoms with E-state index >= 15 is 0 Å². The number of nitrogens with one attached hydrogen (secondary N) is 1. The smallest absolute Gasteiger partial charge is 0.104 e. The van der Waals surface area contributed by atoms with Crippen LogP contribution < -0.4 is 11.1 Å². The molecule has 1 aliphatic heterocycles. The van der Waals surface area contributed by atoms with Crippen LogP contribution in [-0.4, -0.2) is 35.6 Å². The molecule has 0 amide bonds. The molecule has 1 aromatic heterocycles. The third-order valence-electron chi connectivity index (χ3n) is 3.36. The number of anilines is 1. The van der Waals surface area contributed by atoms with Crippen molar-refractivity contribution in [3.8, 4) is 0 Å². The second kappa shape index (κ2) is 5.42. The van der Waals surface area contributed by atoms with Crippen molar-refractivity contribution < 1.29 is 4.74 Å². The predicted molar refractivity (Wildman–Crippen MR) is 73.8 cm³/mol. The van der Waals surface area contributed by atoms with Gasteiger partial charge in [0.05, 0.1) is 24.6 Å². The molecule has 5 heteroatoms. The molecule has 0 spiro atoms. The number of ether oxygens (including phenoxy) is 1. The second-order valence-electron chi connectivity index (χ2n) is 4.72. The maximum Gasteiger partial charge on any atom is 0.104 e. The molecule has 1 unspecified atom stereocenters. The predicted octanol–water partition coefficient (Wildman–Crippen LogP) is 1.04. The van der Waals surface area contributed by atoms with E-state index in [0.29, 0.717) is 5.69 Å². The Morgan fingerprint density at radius 2 is 2.21 bits per heavy atom. The second-order valence-corrected chi connectivity index (χ2v) is 4.72. The van der Waals surface area contributed by atoms with E-state index in [0.717, 1.165) is 19.7 Å². The van der Waals surface area contributed by atoms with Gasteiger partial charge in [-0.05, 0) is 5.56 Å². The quantitative estimate of drug-likeness (QED) is 0.863. The molecule has 2 heterocycles. The molecule has 2 atom stereocenters. The molecule has 1 aliphatic rings. The number of aromatic nitrogens is 2. The summed E-state index contributed by atoms with van der Waals surface area (Å²) in [5.41, 5.74) is 7.64. The van der Waals surface area contributed by atoms with Gasteiger partial charge in [-0.3, -0.25) is 4.68 Å². The fourth-order valence-electron chi connectivity index (χ4n) is 2.48. The lowest BCUT2D eigenvalue weighted by Gasteiger charge is -2.31. The lowest BCUT2D eigenvalue weighted by molar-refractivity contribution is 0.00220. The van der Waals surface area contributed by atoms with Gasteiger partial charge in [0.25, 0.3) is 0 Å². The van der Waals surface area contributed by atoms with Crippen LogP contribution in [0.25, 0.3) is 0 Å². The van der Waals surface area contributed by atoms with E-state index in [4.69, 9.17) is 10.5 Å². The van der Waals surface area contributed by atoms with Crippen molar-refractivity contribution in [3.63, 3.8) is 0 Å². The van der Waals surface area contributed by atoms with E-state index in [1.54, 1.807) is 6.20 Å². The Bertz CT molecular complexity index is 519. The van der Waals surface area contributed by atoms with Gasteiger partial charge in [0.15, 0.2) is 0 Å². The molecule has 3 N–H and O–H groups in total. The summed E-state index contributed by atoms with van der Waals surface area (Å²) in [6.45, 7) is 2.45. The van der Waals surface area contributed by atoms with Crippen molar-refractivity contribution in [2.45, 2.75) is 12.1 Å². The van der Waals surface area contributed by atoms with Crippen LogP contribution in [0.1, 0.15) is 11.6 Å². The zero-order valence-corrected chi connectivity index (χ0v) is 10.7. The first kappa shape index (κ1) is 12.2. The molecule has 2 aromatic rings. The Kier molecular flexibility index (Phi) is 3.48. The fraction of sp³-hybridized carbons (Fsp3) is 0.357. The van der Waals surface area contributed by atoms with Gasteiger partial charge >= 0.3 is 0 Å². The van der Waals surface area contributed by atoms with Gasteiger partial charge in [-0.1, -0.05) is 30.3 Å². The summed E-state index contributed by atoms with van der Waals surface area (Å²) < 4.78 is 7.79. The average Bonchev–Trinajstić information content (AvgIpc) is 2.88. The SMILES string of the molecule is Nc1cnn(C(c2ccccc2)[C@@H]2CNCCO2)c1. The molecule has 1 saturated heterocycles. The normalized spacial score (nSPS) is 21.2. The molecular formula is C14H18N4O. The van der Waals surface area contributed by atoms with Crippen molar-refractivity contribution in [1.82, 2.24) is 15.1 Å².